The molecule has 1 aromatic heterocycles. The first kappa shape index (κ1) is 16.2. The second kappa shape index (κ2) is 8.94. The number of aromatic nitrogens is 2. The van der Waals surface area contributed by atoms with Gasteiger partial charge in [0.1, 0.15) is 5.82 Å². The molecule has 0 aliphatic rings. The fourth-order valence-corrected chi connectivity index (χ4v) is 2.09. The number of methoxy groups -OCH3 is 1. The fraction of sp³-hybridized carbons (Fsp3) is 0.400. The molecule has 0 aliphatic carbocycles. The summed E-state index contributed by atoms with van der Waals surface area (Å²) in [6, 6.07) is 8.15. The maximum absolute atomic E-state index is 5.38. The molecule has 0 saturated heterocycles. The van der Waals surface area contributed by atoms with E-state index in [9.17, 15) is 0 Å². The molecule has 2 N–H and O–H groups in total. The van der Waals surface area contributed by atoms with E-state index >= 15 is 0 Å². The minimum Gasteiger partial charge on any atom is -0.382 e. The van der Waals surface area contributed by atoms with Gasteiger partial charge in [0.25, 0.3) is 0 Å². The van der Waals surface area contributed by atoms with Crippen molar-refractivity contribution in [3.8, 4) is 11.3 Å². The summed E-state index contributed by atoms with van der Waals surface area (Å²) in [5.74, 6) is 0.921. The molecule has 0 spiro atoms. The van der Waals surface area contributed by atoms with Crippen molar-refractivity contribution in [3.63, 3.8) is 0 Å². The van der Waals surface area contributed by atoms with Gasteiger partial charge in [0.05, 0.1) is 38.3 Å². The molecular weight excluding hydrogens is 334 g/mol. The number of halogens is 1. The number of benzene rings is 1. The smallest absolute Gasteiger partial charge is 0.120 e. The Kier molecular flexibility index (Phi) is 6.88. The monoisotopic (exact) mass is 353 g/mol. The van der Waals surface area contributed by atoms with Gasteiger partial charge in [-0.1, -0.05) is 28.1 Å². The van der Waals surface area contributed by atoms with Crippen molar-refractivity contribution in [3.05, 3.63) is 40.8 Å². The number of hydrogen-bond acceptors (Lipinski definition) is 4. The Morgan fingerprint density at radius 1 is 1.19 bits per heavy atom. The summed E-state index contributed by atoms with van der Waals surface area (Å²) in [6.07, 6.45) is 1.86. The standard InChI is InChI=1S/C15H20BrN3O2/c1-20-8-9-21-7-6-17-11-15-18-10-14(19-15)12-2-4-13(16)5-3-12/h2-5,10,17H,6-9,11H2,1H3,(H,18,19). The van der Waals surface area contributed by atoms with Crippen molar-refractivity contribution in [2.75, 3.05) is 33.5 Å². The number of imidazole rings is 1. The van der Waals surface area contributed by atoms with E-state index in [1.54, 1.807) is 7.11 Å². The molecule has 0 fully saturated rings. The third kappa shape index (κ3) is 5.59. The molecule has 0 bridgehead atoms. The summed E-state index contributed by atoms with van der Waals surface area (Å²) in [4.78, 5) is 7.68. The molecule has 0 atom stereocenters. The highest BCUT2D eigenvalue weighted by Gasteiger charge is 2.02. The predicted octanol–water partition coefficient (Wildman–Crippen LogP) is 2.59. The number of ether oxygens (including phenoxy) is 2. The van der Waals surface area contributed by atoms with Gasteiger partial charge in [-0.15, -0.1) is 0 Å². The quantitative estimate of drug-likeness (QED) is 0.680. The number of hydrogen-bond donors (Lipinski definition) is 2. The molecule has 5 nitrogen and oxygen atoms in total. The van der Waals surface area contributed by atoms with E-state index in [4.69, 9.17) is 9.47 Å². The number of nitrogens with zero attached hydrogens (tertiary/aromatic N) is 1. The van der Waals surface area contributed by atoms with Crippen LogP contribution in [0.25, 0.3) is 11.3 Å². The lowest BCUT2D eigenvalue weighted by Gasteiger charge is -2.04. The highest BCUT2D eigenvalue weighted by atomic mass is 79.9. The van der Waals surface area contributed by atoms with Crippen LogP contribution in [0.2, 0.25) is 0 Å². The van der Waals surface area contributed by atoms with E-state index in [-0.39, 0.29) is 0 Å². The highest BCUT2D eigenvalue weighted by Crippen LogP contribution is 2.19. The summed E-state index contributed by atoms with van der Waals surface area (Å²) < 4.78 is 11.4. The van der Waals surface area contributed by atoms with E-state index in [0.717, 1.165) is 28.1 Å². The van der Waals surface area contributed by atoms with Crippen LogP contribution in [0.1, 0.15) is 5.82 Å². The fourth-order valence-electron chi connectivity index (χ4n) is 1.82. The van der Waals surface area contributed by atoms with Crippen LogP contribution in [0, 0.1) is 0 Å². The van der Waals surface area contributed by atoms with E-state index in [1.165, 1.54) is 0 Å². The van der Waals surface area contributed by atoms with Crippen molar-refractivity contribution < 1.29 is 9.47 Å². The molecule has 0 amide bonds. The summed E-state index contributed by atoms with van der Waals surface area (Å²) >= 11 is 3.43. The molecule has 6 heteroatoms. The van der Waals surface area contributed by atoms with Crippen LogP contribution in [0.3, 0.4) is 0 Å². The minimum atomic E-state index is 0.632. The van der Waals surface area contributed by atoms with E-state index in [1.807, 2.05) is 18.3 Å². The lowest BCUT2D eigenvalue weighted by Crippen LogP contribution is -2.20. The van der Waals surface area contributed by atoms with Gasteiger partial charge in [0.15, 0.2) is 0 Å². The molecule has 21 heavy (non-hydrogen) atoms. The Morgan fingerprint density at radius 3 is 2.76 bits per heavy atom. The first-order chi connectivity index (χ1) is 10.3. The van der Waals surface area contributed by atoms with Crippen LogP contribution < -0.4 is 5.32 Å². The van der Waals surface area contributed by atoms with E-state index in [0.29, 0.717) is 26.4 Å². The van der Waals surface area contributed by atoms with Gasteiger partial charge in [0, 0.05) is 18.1 Å². The zero-order valence-electron chi connectivity index (χ0n) is 12.1. The molecule has 0 saturated carbocycles. The second-order valence-electron chi connectivity index (χ2n) is 4.53. The van der Waals surface area contributed by atoms with Gasteiger partial charge >= 0.3 is 0 Å². The summed E-state index contributed by atoms with van der Waals surface area (Å²) in [5, 5.41) is 3.29. The van der Waals surface area contributed by atoms with Gasteiger partial charge < -0.3 is 19.8 Å². The number of nitrogens with one attached hydrogen (secondary N) is 2. The van der Waals surface area contributed by atoms with Crippen LogP contribution in [-0.4, -0.2) is 43.4 Å². The molecule has 0 radical (unpaired) electrons. The lowest BCUT2D eigenvalue weighted by atomic mass is 10.2. The Bertz CT molecular complexity index is 528. The van der Waals surface area contributed by atoms with Crippen LogP contribution in [-0.2, 0) is 16.0 Å². The Morgan fingerprint density at radius 2 is 2.00 bits per heavy atom. The van der Waals surface area contributed by atoms with Gasteiger partial charge in [-0.2, -0.15) is 0 Å². The van der Waals surface area contributed by atoms with E-state index in [2.05, 4.69) is 43.3 Å². The van der Waals surface area contributed by atoms with Crippen molar-refractivity contribution in [1.82, 2.24) is 15.3 Å². The van der Waals surface area contributed by atoms with Crippen LogP contribution >= 0.6 is 15.9 Å². The van der Waals surface area contributed by atoms with Gasteiger partial charge in [-0.05, 0) is 17.7 Å². The third-order valence-corrected chi connectivity index (χ3v) is 3.46. The molecule has 0 unspecified atom stereocenters. The molecule has 2 rings (SSSR count). The first-order valence-electron chi connectivity index (χ1n) is 6.87. The Balaban J connectivity index is 1.72. The zero-order chi connectivity index (χ0) is 14.9. The molecule has 1 aromatic carbocycles. The van der Waals surface area contributed by atoms with Crippen molar-refractivity contribution in [1.29, 1.82) is 0 Å². The largest absolute Gasteiger partial charge is 0.382 e. The SMILES string of the molecule is COCCOCCNCc1ncc(-c2ccc(Br)cc2)[nH]1. The number of rotatable bonds is 9. The van der Waals surface area contributed by atoms with E-state index < -0.39 is 0 Å². The normalized spacial score (nSPS) is 11.0. The number of aromatic amines is 1. The van der Waals surface area contributed by atoms with Crippen LogP contribution in [0.5, 0.6) is 0 Å². The molecule has 114 valence electrons. The maximum atomic E-state index is 5.38. The van der Waals surface area contributed by atoms with Gasteiger partial charge in [-0.3, -0.25) is 0 Å². The third-order valence-electron chi connectivity index (χ3n) is 2.93. The van der Waals surface area contributed by atoms with Gasteiger partial charge in [-0.25, -0.2) is 4.98 Å². The predicted molar refractivity (Wildman–Crippen MR) is 86.1 cm³/mol. The van der Waals surface area contributed by atoms with Crippen molar-refractivity contribution in [2.24, 2.45) is 0 Å². The summed E-state index contributed by atoms with van der Waals surface area (Å²) in [6.45, 7) is 3.42. The number of H-pyrrole nitrogens is 1. The molecule has 2 aromatic rings. The van der Waals surface area contributed by atoms with Crippen LogP contribution in [0.4, 0.5) is 0 Å². The highest BCUT2D eigenvalue weighted by molar-refractivity contribution is 9.10. The van der Waals surface area contributed by atoms with Crippen LogP contribution in [0.15, 0.2) is 34.9 Å². The average Bonchev–Trinajstić information content (AvgIpc) is 2.96. The molecule has 1 heterocycles. The van der Waals surface area contributed by atoms with Gasteiger partial charge in [0.2, 0.25) is 0 Å². The average molecular weight is 354 g/mol. The topological polar surface area (TPSA) is 59.2 Å². The minimum absolute atomic E-state index is 0.632. The summed E-state index contributed by atoms with van der Waals surface area (Å²) in [5.41, 5.74) is 2.15. The molecule has 0 aliphatic heterocycles. The Labute approximate surface area is 133 Å². The second-order valence-corrected chi connectivity index (χ2v) is 5.45. The first-order valence-corrected chi connectivity index (χ1v) is 7.66. The van der Waals surface area contributed by atoms with Crippen molar-refractivity contribution in [2.45, 2.75) is 6.54 Å². The summed E-state index contributed by atoms with van der Waals surface area (Å²) in [7, 11) is 1.67. The zero-order valence-corrected chi connectivity index (χ0v) is 13.6. The Hall–Kier alpha value is -1.21. The molecular formula is C15H20BrN3O2. The maximum Gasteiger partial charge on any atom is 0.120 e. The van der Waals surface area contributed by atoms with Crippen molar-refractivity contribution >= 4 is 15.9 Å². The lowest BCUT2D eigenvalue weighted by molar-refractivity contribution is 0.0718.